The fourth-order valence-corrected chi connectivity index (χ4v) is 14.6. The highest BCUT2D eigenvalue weighted by molar-refractivity contribution is 7.88. The van der Waals surface area contributed by atoms with Gasteiger partial charge < -0.3 is 124 Å². The van der Waals surface area contributed by atoms with E-state index >= 15 is 0 Å². The molecule has 10 rings (SSSR count). The van der Waals surface area contributed by atoms with E-state index in [2.05, 4.69) is 49.7 Å². The topological polar surface area (TPSA) is 640 Å². The summed E-state index contributed by atoms with van der Waals surface area (Å²) in [5, 5.41) is 110. The van der Waals surface area contributed by atoms with E-state index in [4.69, 9.17) is 120 Å². The number of aliphatic hydroxyl groups is 8. The summed E-state index contributed by atoms with van der Waals surface area (Å²) in [5.74, 6) is -7.32. The zero-order valence-electron chi connectivity index (χ0n) is 73.9. The van der Waals surface area contributed by atoms with Crippen molar-refractivity contribution in [1.82, 2.24) is 32.2 Å². The number of esters is 5. The van der Waals surface area contributed by atoms with Gasteiger partial charge in [-0.15, -0.1) is 4.99 Å². The number of hydrogen-bond acceptors (Lipinski definition) is 37. The van der Waals surface area contributed by atoms with Gasteiger partial charge in [0.05, 0.1) is 39.1 Å². The predicted octanol–water partition coefficient (Wildman–Crippen LogP) is 1.53. The highest BCUT2D eigenvalue weighted by Gasteiger charge is 2.60. The molecular formula is C83H114Cl3F3N8O34SSi. The van der Waals surface area contributed by atoms with Crippen LogP contribution in [0.4, 0.5) is 13.2 Å². The zero-order chi connectivity index (χ0) is 101. The molecule has 50 heteroatoms. The number of cyclic esters (lactones) is 1. The molecule has 0 aliphatic carbocycles. The molecule has 5 heterocycles. The normalized spacial score (nSPS) is 21.6. The number of carbonyl (C=O) groups excluding carboxylic acids is 10. The Morgan fingerprint density at radius 1 is 0.496 bits per heavy atom. The van der Waals surface area contributed by atoms with Crippen molar-refractivity contribution in [2.24, 2.45) is 23.5 Å². The van der Waals surface area contributed by atoms with Crippen LogP contribution in [-0.4, -0.2) is 286 Å². The van der Waals surface area contributed by atoms with Crippen LogP contribution in [0.5, 0.6) is 0 Å². The van der Waals surface area contributed by atoms with Gasteiger partial charge >= 0.3 is 45.5 Å². The third-order valence-electron chi connectivity index (χ3n) is 18.5. The van der Waals surface area contributed by atoms with Crippen molar-refractivity contribution in [2.45, 2.75) is 219 Å². The molecule has 0 spiro atoms. The number of nitrogens with one attached hydrogen (secondary N) is 7. The van der Waals surface area contributed by atoms with Gasteiger partial charge in [-0.05, 0) is 70.9 Å². The average molecular weight is 1990 g/mol. The van der Waals surface area contributed by atoms with Gasteiger partial charge in [0.2, 0.25) is 31.9 Å². The van der Waals surface area contributed by atoms with Crippen molar-refractivity contribution >= 4 is 119 Å². The Kier molecular flexibility index (Phi) is 50.6. The molecule has 19 N–H and O–H groups in total. The van der Waals surface area contributed by atoms with Crippen LogP contribution in [0.3, 0.4) is 0 Å². The van der Waals surface area contributed by atoms with Crippen LogP contribution < -0.4 is 38.0 Å². The Morgan fingerprint density at radius 3 is 1.05 bits per heavy atom. The maximum absolute atomic E-state index is 13.5. The summed E-state index contributed by atoms with van der Waals surface area (Å²) in [5.41, 5.74) is 5.26. The predicted molar refractivity (Wildman–Crippen MR) is 464 cm³/mol. The van der Waals surface area contributed by atoms with Crippen molar-refractivity contribution in [1.29, 1.82) is 5.41 Å². The molecule has 5 aliphatic heterocycles. The minimum Gasteiger partial charge on any atom is -0.473 e. The van der Waals surface area contributed by atoms with Crippen molar-refractivity contribution < 1.29 is 177 Å². The molecule has 0 aromatic heterocycles. The summed E-state index contributed by atoms with van der Waals surface area (Å²) in [4.78, 5) is 122. The van der Waals surface area contributed by atoms with Gasteiger partial charge in [-0.2, -0.15) is 21.6 Å². The lowest BCUT2D eigenvalue weighted by Crippen LogP contribution is -2.60. The van der Waals surface area contributed by atoms with Gasteiger partial charge in [0.25, 0.3) is 15.6 Å². The smallest absolute Gasteiger partial charge is 0.473 e. The van der Waals surface area contributed by atoms with E-state index in [1.54, 1.807) is 95.4 Å². The van der Waals surface area contributed by atoms with Gasteiger partial charge in [0.15, 0.2) is 73.2 Å². The summed E-state index contributed by atoms with van der Waals surface area (Å²) in [7, 11) is -3.65. The Hall–Kier alpha value is -9.62. The fraction of sp³-hybridized carbons (Fsp3) is 0.506. The summed E-state index contributed by atoms with van der Waals surface area (Å²) < 4.78 is 110. The largest absolute Gasteiger partial charge is 0.522 e. The van der Waals surface area contributed by atoms with Crippen molar-refractivity contribution in [3.05, 3.63) is 179 Å². The molecule has 5 aromatic rings. The number of halogens is 6. The van der Waals surface area contributed by atoms with Crippen molar-refractivity contribution in [2.75, 3.05) is 27.7 Å². The Balaban J connectivity index is 0.000000432. The number of alkyl halides is 6. The molecule has 0 radical (unpaired) electrons. The summed E-state index contributed by atoms with van der Waals surface area (Å²) in [6, 6.07) is 43.7. The average Bonchev–Trinajstić information content (AvgIpc) is 1.62. The fourth-order valence-electron chi connectivity index (χ4n) is 11.5. The molecule has 5 amide bonds. The molecule has 0 saturated carbocycles. The van der Waals surface area contributed by atoms with E-state index in [0.29, 0.717) is 11.1 Å². The lowest BCUT2D eigenvalue weighted by Gasteiger charge is -2.32. The molecule has 5 aromatic carbocycles. The minimum atomic E-state index is -5.39. The number of carbonyl (C=O) groups is 10. The molecule has 133 heavy (non-hydrogen) atoms. The van der Waals surface area contributed by atoms with Gasteiger partial charge in [-0.1, -0.05) is 228 Å². The molecule has 5 aliphatic rings. The van der Waals surface area contributed by atoms with Crippen LogP contribution in [0.2, 0.25) is 19.6 Å². The molecule has 42 nitrogen and oxygen atoms in total. The molecule has 742 valence electrons. The van der Waals surface area contributed by atoms with Crippen LogP contribution in [0, 0.1) is 23.2 Å². The first kappa shape index (κ1) is 118. The third-order valence-corrected chi connectivity index (χ3v) is 22.5. The maximum atomic E-state index is 13.5. The highest BCUT2D eigenvalue weighted by atomic mass is 35.6. The van der Waals surface area contributed by atoms with Gasteiger partial charge in [-0.25, -0.2) is 29.2 Å². The van der Waals surface area contributed by atoms with Crippen molar-refractivity contribution in [3.63, 3.8) is 0 Å². The van der Waals surface area contributed by atoms with Crippen LogP contribution >= 0.6 is 34.8 Å². The van der Waals surface area contributed by atoms with E-state index < -0.39 is 198 Å². The number of rotatable bonds is 32. The Morgan fingerprint density at radius 2 is 0.805 bits per heavy atom. The second kappa shape index (κ2) is 57.3. The number of nitrogens with two attached hydrogens (primary N) is 1. The molecule has 5 unspecified atom stereocenters. The van der Waals surface area contributed by atoms with E-state index in [1.807, 2.05) is 105 Å². The third kappa shape index (κ3) is 38.9. The van der Waals surface area contributed by atoms with E-state index in [9.17, 15) is 79.7 Å². The number of aliphatic hydroxyl groups excluding tert-OH is 8. The first-order valence-corrected chi connectivity index (χ1v) is 46.3. The van der Waals surface area contributed by atoms with E-state index in [-0.39, 0.29) is 68.6 Å². The van der Waals surface area contributed by atoms with Crippen LogP contribution in [0.15, 0.2) is 152 Å². The van der Waals surface area contributed by atoms with Crippen LogP contribution in [-0.2, 0) is 147 Å². The van der Waals surface area contributed by atoms with Crippen molar-refractivity contribution in [3.8, 4) is 0 Å². The maximum Gasteiger partial charge on any atom is 0.522 e. The number of amides is 5. The quantitative estimate of drug-likeness (QED) is 0.00334. The van der Waals surface area contributed by atoms with E-state index in [1.165, 1.54) is 33.7 Å². The number of likely N-dealkylation sites (N-methyl/N-ethyl adjacent to an activating group) is 3. The van der Waals surface area contributed by atoms with Crippen LogP contribution in [0.1, 0.15) is 69.4 Å². The standard InChI is InChI=1S/C32H46N4O8.C20H18O6.C9H8Cl3NO.C6H14N2O.C6H6O6.C6H10O6.C4H9F3O3SSi.H3NO3/c1-19(2)23(29(39)33-5)35-31(41)27(43-17-21-13-9-7-10-14-21)25(37)26(38)28(44-18-22-15-11-8-12-16-22)32(42)36-24(20(3)4)30(40)34-6;21-19-17(23-11-13-7-3-1-4-8-13)15-16(26-19)18(20(22)25-15)24-12-14-9-5-2-6-10-14;10-9(11,12)8(13)14-6-7-4-2-1-3-5-7;1-4(2)5(7)6(9)8-3;7-1-3-4(12-5(1)9)2(8)6(10)11-3;7-1-2(8)5-3(9)4(10)6(11)12-5;1-12(2,3)10-11(8,9)4(5,6)7;2-1-4-3/h7-16,19-20,23-28,37-38H,17-18H2,1-6H3,(H,33,39)(H,34,40)(H,35,41)(H,36,42);1-10,15-18H,11-12H2;1-5,13H,6H2;4-5H,7H2,1-3H3,(H,8,9);1-4,7-8H;2-5,7-10H,1H2;1-3H3;1-3H/t23-,24-,25?,26?,27+,28+;15-,16-,17-,18-;;5-;1-,2-,3+,4+;2-,3?,4?,5?;;/m01.010../s1. The van der Waals surface area contributed by atoms with Gasteiger partial charge in [-0.3, -0.25) is 34.6 Å². The Bertz CT molecular complexity index is 4370. The minimum absolute atomic E-state index is 0.0926. The Labute approximate surface area is 779 Å². The summed E-state index contributed by atoms with van der Waals surface area (Å²) in [6.07, 6.45) is -21.5. The first-order chi connectivity index (χ1) is 62.3. The molecule has 0 bridgehead atoms. The monoisotopic (exact) mass is 1990 g/mol. The lowest BCUT2D eigenvalue weighted by atomic mass is 9.98. The van der Waals surface area contributed by atoms with Gasteiger partial charge in [0, 0.05) is 21.1 Å². The number of benzene rings is 5. The molecular weight excluding hydrogens is 1880 g/mol. The lowest BCUT2D eigenvalue weighted by molar-refractivity contribution is -0.356. The van der Waals surface area contributed by atoms with Gasteiger partial charge in [0.1, 0.15) is 43.1 Å². The molecule has 5 saturated heterocycles. The summed E-state index contributed by atoms with van der Waals surface area (Å²) >= 11 is 16.3. The van der Waals surface area contributed by atoms with E-state index in [0.717, 1.165) is 22.3 Å². The second-order valence-electron chi connectivity index (χ2n) is 30.9. The number of fused-ring (bicyclic) bond motifs is 2. The summed E-state index contributed by atoms with van der Waals surface area (Å²) in [6.45, 7) is 14.7. The molecule has 19 atom stereocenters. The van der Waals surface area contributed by atoms with Crippen LogP contribution in [0.25, 0.3) is 0 Å². The number of ether oxygens (including phenoxy) is 10. The second-order valence-corrected chi connectivity index (χ2v) is 39.4. The number of hydrogen-bond donors (Lipinski definition) is 18. The SMILES string of the molecule is CNC(=O)[C@@H](N)C(C)C.CNC(=O)[C@@H](NC(=O)[C@H](OCc1ccccc1)C(O)C(O)[C@@H](OCc1ccccc1)C(=O)N[C@H](C(=O)NC)C(C)C)C(C)C.C[Si](C)(C)OS(=O)(=O)C(F)(F)F.N=C(OCc1ccccc1)C(Cl)(Cl)Cl.O=C1OC([C@@H](O)CO)C(O)C1O.O=C1O[C@@H]2[C@@H](OC(=O)[C@@H]2O)[C@H]1O.O=C1O[C@@H]2[C@@H](OC(=O)[C@@H]2OCc2ccccc2)[C@H]1OCc1ccccc1.ONOO. The first-order valence-electron chi connectivity index (χ1n) is 40.3. The zero-order valence-corrected chi connectivity index (χ0v) is 78.0. The highest BCUT2D eigenvalue weighted by Crippen LogP contribution is 2.35. The molecule has 5 fully saturated rings.